The van der Waals surface area contributed by atoms with Gasteiger partial charge in [-0.1, -0.05) is 18.2 Å². The number of fused-ring (bicyclic) bond motifs is 1. The summed E-state index contributed by atoms with van der Waals surface area (Å²) in [7, 11) is 1.31. The van der Waals surface area contributed by atoms with Crippen LogP contribution in [-0.2, 0) is 4.79 Å². The number of methoxy groups -OCH3 is 1. The molecule has 2 heterocycles. The molecule has 2 aromatic carbocycles. The van der Waals surface area contributed by atoms with Gasteiger partial charge in [-0.15, -0.1) is 0 Å². The zero-order valence-corrected chi connectivity index (χ0v) is 17.4. The fraction of sp³-hybridized carbons (Fsp3) is 0.273. The number of rotatable bonds is 7. The van der Waals surface area contributed by atoms with E-state index in [4.69, 9.17) is 9.47 Å². The van der Waals surface area contributed by atoms with Crippen molar-refractivity contribution in [3.63, 3.8) is 0 Å². The highest BCUT2D eigenvalue weighted by Gasteiger charge is 2.27. The second-order valence-electron chi connectivity index (χ2n) is 7.35. The van der Waals surface area contributed by atoms with Crippen molar-refractivity contribution in [3.8, 4) is 11.5 Å². The number of β-amino-alcohol motifs (C(OH)–C–C–N with tert-alkyl or cyclic N) is 1. The van der Waals surface area contributed by atoms with Gasteiger partial charge in [0.25, 0.3) is 5.91 Å². The maximum Gasteiger partial charge on any atom is 0.322 e. The predicted octanol–water partition coefficient (Wildman–Crippen LogP) is 2.62. The van der Waals surface area contributed by atoms with Crippen molar-refractivity contribution in [1.82, 2.24) is 15.1 Å². The highest BCUT2D eigenvalue weighted by molar-refractivity contribution is 5.90. The normalized spacial score (nSPS) is 16.1. The Labute approximate surface area is 183 Å². The minimum absolute atomic E-state index is 0.0710. The van der Waals surface area contributed by atoms with Gasteiger partial charge in [-0.3, -0.25) is 20.0 Å². The number of carbonyl (C=O) groups excluding carboxylic acids is 1. The van der Waals surface area contributed by atoms with E-state index >= 15 is 0 Å². The first-order valence-electron chi connectivity index (χ1n) is 10.0. The lowest BCUT2D eigenvalue weighted by molar-refractivity contribution is -0.386. The fourth-order valence-corrected chi connectivity index (χ4v) is 3.68. The van der Waals surface area contributed by atoms with Crippen molar-refractivity contribution in [2.45, 2.75) is 12.5 Å². The first-order chi connectivity index (χ1) is 15.5. The zero-order chi connectivity index (χ0) is 22.7. The van der Waals surface area contributed by atoms with Gasteiger partial charge in [-0.05, 0) is 36.8 Å². The van der Waals surface area contributed by atoms with E-state index in [1.807, 2.05) is 24.3 Å². The number of aromatic amines is 1. The summed E-state index contributed by atoms with van der Waals surface area (Å²) in [6.45, 7) is 0.395. The summed E-state index contributed by atoms with van der Waals surface area (Å²) in [5, 5.41) is 29.4. The third-order valence-electron chi connectivity index (χ3n) is 5.30. The molecular formula is C22H22N4O6. The van der Waals surface area contributed by atoms with Crippen molar-refractivity contribution < 1.29 is 24.3 Å². The Morgan fingerprint density at radius 3 is 2.88 bits per heavy atom. The minimum Gasteiger partial charge on any atom is -0.488 e. The molecule has 0 bridgehead atoms. The third-order valence-corrected chi connectivity index (χ3v) is 5.30. The molecule has 0 saturated carbocycles. The number of hydrogen-bond donors (Lipinski definition) is 2. The molecule has 4 rings (SSSR count). The van der Waals surface area contributed by atoms with Crippen LogP contribution in [-0.4, -0.2) is 63.9 Å². The first-order valence-corrected chi connectivity index (χ1v) is 10.0. The fourth-order valence-electron chi connectivity index (χ4n) is 3.68. The van der Waals surface area contributed by atoms with E-state index in [2.05, 4.69) is 10.2 Å². The number of nitrogens with zero attached hydrogens (tertiary/aromatic N) is 3. The summed E-state index contributed by atoms with van der Waals surface area (Å²) in [6.07, 6.45) is 3.26. The Hall–Kier alpha value is -3.92. The number of aromatic nitrogens is 2. The number of H-pyrrole nitrogens is 1. The molecule has 1 aliphatic heterocycles. The van der Waals surface area contributed by atoms with Gasteiger partial charge >= 0.3 is 5.69 Å². The van der Waals surface area contributed by atoms with Gasteiger partial charge in [0.2, 0.25) is 5.75 Å². The Morgan fingerprint density at radius 2 is 2.16 bits per heavy atom. The van der Waals surface area contributed by atoms with Crippen molar-refractivity contribution in [1.29, 1.82) is 0 Å². The van der Waals surface area contributed by atoms with Crippen molar-refractivity contribution in [2.75, 3.05) is 26.8 Å². The van der Waals surface area contributed by atoms with E-state index < -0.39 is 11.0 Å². The zero-order valence-electron chi connectivity index (χ0n) is 17.4. The Morgan fingerprint density at radius 1 is 1.34 bits per heavy atom. The van der Waals surface area contributed by atoms with Crippen LogP contribution in [0.25, 0.3) is 23.1 Å². The molecule has 0 unspecified atom stereocenters. The molecule has 166 valence electrons. The summed E-state index contributed by atoms with van der Waals surface area (Å²) < 4.78 is 10.8. The number of aliphatic hydroxyl groups is 1. The van der Waals surface area contributed by atoms with Crippen LogP contribution in [0.5, 0.6) is 11.5 Å². The standard InChI is InChI=1S/C22H22N4O6/c1-31-22-19(32-13-20(28)25-11-10-15(27)12-25)9-7-14(21(22)26(29)30)6-8-18-16-4-2-3-5-17(16)23-24-18/h2-9,15,27H,10-13H2,1H3,(H,23,24)/b8-6+/t15-/m1/s1. The number of carbonyl (C=O) groups is 1. The lowest BCUT2D eigenvalue weighted by Gasteiger charge is -2.17. The summed E-state index contributed by atoms with van der Waals surface area (Å²) >= 11 is 0. The van der Waals surface area contributed by atoms with Gasteiger partial charge in [-0.2, -0.15) is 5.10 Å². The maximum atomic E-state index is 12.3. The quantitative estimate of drug-likeness (QED) is 0.428. The van der Waals surface area contributed by atoms with E-state index in [1.54, 1.807) is 12.2 Å². The van der Waals surface area contributed by atoms with Crippen LogP contribution in [0.1, 0.15) is 17.7 Å². The van der Waals surface area contributed by atoms with Crippen LogP contribution in [0.4, 0.5) is 5.69 Å². The average Bonchev–Trinajstić information content (AvgIpc) is 3.41. The van der Waals surface area contributed by atoms with Crippen LogP contribution >= 0.6 is 0 Å². The van der Waals surface area contributed by atoms with E-state index in [1.165, 1.54) is 24.1 Å². The highest BCUT2D eigenvalue weighted by atomic mass is 16.6. The molecule has 10 heteroatoms. The average molecular weight is 438 g/mol. The van der Waals surface area contributed by atoms with Gasteiger partial charge < -0.3 is 19.5 Å². The molecule has 3 aromatic rings. The smallest absolute Gasteiger partial charge is 0.322 e. The molecule has 0 spiro atoms. The third kappa shape index (κ3) is 4.26. The molecule has 1 amide bonds. The molecule has 2 N–H and O–H groups in total. The molecule has 1 aromatic heterocycles. The molecule has 0 aliphatic carbocycles. The van der Waals surface area contributed by atoms with E-state index in [0.29, 0.717) is 24.2 Å². The van der Waals surface area contributed by atoms with Gasteiger partial charge in [0.05, 0.1) is 34.9 Å². The number of benzene rings is 2. The SMILES string of the molecule is COc1c(OCC(=O)N2CC[C@@H](O)C2)ccc(/C=C/c2n[nH]c3ccccc23)c1[N+](=O)[O-]. The minimum atomic E-state index is -0.549. The number of hydrogen-bond acceptors (Lipinski definition) is 7. The lowest BCUT2D eigenvalue weighted by Crippen LogP contribution is -2.33. The maximum absolute atomic E-state index is 12.3. The Kier molecular flexibility index (Phi) is 6.04. The van der Waals surface area contributed by atoms with Gasteiger partial charge in [0.15, 0.2) is 12.4 Å². The molecule has 10 nitrogen and oxygen atoms in total. The monoisotopic (exact) mass is 438 g/mol. The number of nitro benzene ring substituents is 1. The second-order valence-corrected chi connectivity index (χ2v) is 7.35. The van der Waals surface area contributed by atoms with Crippen LogP contribution in [0.2, 0.25) is 0 Å². The van der Waals surface area contributed by atoms with Crippen LogP contribution in [0, 0.1) is 10.1 Å². The lowest BCUT2D eigenvalue weighted by atomic mass is 10.1. The summed E-state index contributed by atoms with van der Waals surface area (Å²) in [5.74, 6) is -0.284. The molecule has 32 heavy (non-hydrogen) atoms. The predicted molar refractivity (Wildman–Crippen MR) is 117 cm³/mol. The number of nitro groups is 1. The highest BCUT2D eigenvalue weighted by Crippen LogP contribution is 2.40. The Bertz CT molecular complexity index is 1190. The van der Waals surface area contributed by atoms with Crippen LogP contribution in [0.15, 0.2) is 36.4 Å². The van der Waals surface area contributed by atoms with E-state index in [9.17, 15) is 20.0 Å². The largest absolute Gasteiger partial charge is 0.488 e. The van der Waals surface area contributed by atoms with Gasteiger partial charge in [-0.25, -0.2) is 0 Å². The molecule has 1 atom stereocenters. The number of nitrogens with one attached hydrogen (secondary N) is 1. The van der Waals surface area contributed by atoms with E-state index in [-0.39, 0.29) is 36.2 Å². The number of amides is 1. The van der Waals surface area contributed by atoms with Gasteiger partial charge in [0, 0.05) is 18.5 Å². The second kappa shape index (κ2) is 9.06. The van der Waals surface area contributed by atoms with Crippen molar-refractivity contribution in [2.24, 2.45) is 0 Å². The molecular weight excluding hydrogens is 416 g/mol. The van der Waals surface area contributed by atoms with Crippen LogP contribution < -0.4 is 9.47 Å². The molecule has 1 fully saturated rings. The number of likely N-dealkylation sites (tertiary alicyclic amines) is 1. The van der Waals surface area contributed by atoms with Crippen molar-refractivity contribution in [3.05, 3.63) is 57.8 Å². The Balaban J connectivity index is 1.59. The topological polar surface area (TPSA) is 131 Å². The molecule has 0 radical (unpaired) electrons. The van der Waals surface area contributed by atoms with Gasteiger partial charge in [0.1, 0.15) is 0 Å². The summed E-state index contributed by atoms with van der Waals surface area (Å²) in [6, 6.07) is 10.6. The summed E-state index contributed by atoms with van der Waals surface area (Å²) in [5.41, 5.74) is 1.54. The molecule has 1 aliphatic rings. The molecule has 1 saturated heterocycles. The number of para-hydroxylation sites is 1. The van der Waals surface area contributed by atoms with Crippen molar-refractivity contribution >= 4 is 34.6 Å². The van der Waals surface area contributed by atoms with E-state index in [0.717, 1.165) is 10.9 Å². The number of ether oxygens (including phenoxy) is 2. The number of aliphatic hydroxyl groups excluding tert-OH is 1. The first kappa shape index (κ1) is 21.3. The summed E-state index contributed by atoms with van der Waals surface area (Å²) in [4.78, 5) is 25.1. The van der Waals surface area contributed by atoms with Crippen LogP contribution in [0.3, 0.4) is 0 Å².